The third-order valence-corrected chi connectivity index (χ3v) is 0.340. The molecule has 0 aromatic carbocycles. The summed E-state index contributed by atoms with van der Waals surface area (Å²) in [6.07, 6.45) is -1.73. The molecule has 0 aliphatic rings. The minimum atomic E-state index is -1.73. The van der Waals surface area contributed by atoms with Crippen LogP contribution in [0.2, 0.25) is 0 Å². The summed E-state index contributed by atoms with van der Waals surface area (Å²) < 4.78 is 11.2. The summed E-state index contributed by atoms with van der Waals surface area (Å²) in [4.78, 5) is 9.32. The molecule has 7 heavy (non-hydrogen) atoms. The number of hydrogen-bond donors (Lipinski definition) is 1. The molecule has 0 bridgehead atoms. The van der Waals surface area contributed by atoms with Gasteiger partial charge in [-0.2, -0.15) is 0 Å². The van der Waals surface area contributed by atoms with Crippen LogP contribution >= 0.6 is 0 Å². The zero-order chi connectivity index (χ0) is 5.15. The molecule has 0 saturated heterocycles. The second-order valence-electron chi connectivity index (χ2n) is 0.954. The number of halogens is 1. The Morgan fingerprint density at radius 2 is 2.00 bits per heavy atom. The maximum atomic E-state index is 11.2. The molecule has 1 atom stereocenters. The van der Waals surface area contributed by atoms with E-state index in [0.717, 1.165) is 6.92 Å². The van der Waals surface area contributed by atoms with Gasteiger partial charge in [-0.05, 0) is 6.92 Å². The zero-order valence-corrected chi connectivity index (χ0v) is 8.38. The quantitative estimate of drug-likeness (QED) is 0.694. The Bertz CT molecular complexity index is 64.0. The number of carboxylic acids is 1. The Kier molecular flexibility index (Phi) is 6.61. The predicted octanol–water partition coefficient (Wildman–Crippen LogP) is 0.0482. The molecule has 2 nitrogen and oxygen atoms in total. The zero-order valence-electron chi connectivity index (χ0n) is 3.89. The van der Waals surface area contributed by atoms with E-state index in [0.29, 0.717) is 0 Å². The Morgan fingerprint density at radius 3 is 2.00 bits per heavy atom. The van der Waals surface area contributed by atoms with Crippen molar-refractivity contribution in [1.82, 2.24) is 0 Å². The van der Waals surface area contributed by atoms with Crippen molar-refractivity contribution in [2.24, 2.45) is 0 Å². The van der Waals surface area contributed by atoms with Crippen LogP contribution in [0.5, 0.6) is 0 Å². The van der Waals surface area contributed by atoms with Gasteiger partial charge in [-0.3, -0.25) is 0 Å². The molecule has 0 amide bonds. The Morgan fingerprint density at radius 1 is 1.86 bits per heavy atom. The van der Waals surface area contributed by atoms with Crippen LogP contribution < -0.4 is 0 Å². The number of carbonyl (C=O) groups is 1. The van der Waals surface area contributed by atoms with E-state index in [1.807, 2.05) is 0 Å². The summed E-state index contributed by atoms with van der Waals surface area (Å²) in [7, 11) is 0. The molecule has 1 radical (unpaired) electrons. The van der Waals surface area contributed by atoms with Gasteiger partial charge in [-0.15, -0.1) is 0 Å². The Balaban J connectivity index is 0. The molecule has 0 aliphatic carbocycles. The van der Waals surface area contributed by atoms with E-state index in [9.17, 15) is 9.18 Å². The minimum Gasteiger partial charge on any atom is -0.479 e. The topological polar surface area (TPSA) is 37.3 Å². The van der Waals surface area contributed by atoms with E-state index >= 15 is 0 Å². The standard InChI is InChI=1S/C3H5FO2.Tl/c1-2(4)3(5)6;/h2H,1H3,(H,5,6);. The van der Waals surface area contributed by atoms with Crippen LogP contribution in [-0.4, -0.2) is 44.5 Å². The molecule has 39 valence electrons. The SMILES string of the molecule is CC(F)C(=O)O.[Tl]. The van der Waals surface area contributed by atoms with Crippen LogP contribution in [0.25, 0.3) is 0 Å². The van der Waals surface area contributed by atoms with Crippen molar-refractivity contribution < 1.29 is 14.3 Å². The summed E-state index contributed by atoms with van der Waals surface area (Å²) in [5, 5.41) is 7.62. The Hall–Kier alpha value is 0.322. The van der Waals surface area contributed by atoms with Gasteiger partial charge in [0, 0.05) is 27.3 Å². The van der Waals surface area contributed by atoms with E-state index in [1.54, 1.807) is 0 Å². The van der Waals surface area contributed by atoms with Crippen molar-refractivity contribution >= 4 is 33.3 Å². The van der Waals surface area contributed by atoms with Crippen LogP contribution in [0.15, 0.2) is 0 Å². The van der Waals surface area contributed by atoms with Crippen molar-refractivity contribution in [3.63, 3.8) is 0 Å². The average Bonchev–Trinajstić information content (AvgIpc) is 1.36. The first-order valence-corrected chi connectivity index (χ1v) is 1.51. The van der Waals surface area contributed by atoms with E-state index in [4.69, 9.17) is 5.11 Å². The fraction of sp³-hybridized carbons (Fsp3) is 0.667. The first kappa shape index (κ1) is 10.3. The molecule has 0 saturated carbocycles. The molecule has 0 heterocycles. The van der Waals surface area contributed by atoms with Crippen molar-refractivity contribution in [2.75, 3.05) is 0 Å². The molecule has 0 aliphatic heterocycles. The number of aliphatic carboxylic acids is 1. The number of rotatable bonds is 1. The monoisotopic (exact) mass is 297 g/mol. The summed E-state index contributed by atoms with van der Waals surface area (Å²) in [6.45, 7) is 0.975. The predicted molar refractivity (Wildman–Crippen MR) is 24.0 cm³/mol. The maximum Gasteiger partial charge on any atom is 0.337 e. The van der Waals surface area contributed by atoms with Gasteiger partial charge in [0.15, 0.2) is 6.17 Å². The largest absolute Gasteiger partial charge is 0.479 e. The van der Waals surface area contributed by atoms with E-state index in [2.05, 4.69) is 0 Å². The van der Waals surface area contributed by atoms with Gasteiger partial charge in [0.25, 0.3) is 0 Å². The van der Waals surface area contributed by atoms with Gasteiger partial charge in [0.2, 0.25) is 0 Å². The van der Waals surface area contributed by atoms with E-state index < -0.39 is 12.1 Å². The van der Waals surface area contributed by atoms with Crippen molar-refractivity contribution in [3.8, 4) is 0 Å². The molecular formula is C3H5FO2Tl. The van der Waals surface area contributed by atoms with Crippen LogP contribution in [0, 0.1) is 0 Å². The molecule has 4 heteroatoms. The summed E-state index contributed by atoms with van der Waals surface area (Å²) in [5.41, 5.74) is 0. The molecule has 0 rings (SSSR count). The average molecular weight is 296 g/mol. The van der Waals surface area contributed by atoms with Gasteiger partial charge in [0.05, 0.1) is 0 Å². The normalized spacial score (nSPS) is 11.7. The molecule has 0 fully saturated rings. The third kappa shape index (κ3) is 6.32. The molecule has 1 N–H and O–H groups in total. The summed E-state index contributed by atoms with van der Waals surface area (Å²) in [5.74, 6) is -1.41. The van der Waals surface area contributed by atoms with Gasteiger partial charge in [0.1, 0.15) is 0 Å². The van der Waals surface area contributed by atoms with Crippen LogP contribution in [0.4, 0.5) is 4.39 Å². The van der Waals surface area contributed by atoms with Gasteiger partial charge < -0.3 is 5.11 Å². The first-order chi connectivity index (χ1) is 2.64. The fourth-order valence-electron chi connectivity index (χ4n) is 0. The van der Waals surface area contributed by atoms with Crippen LogP contribution in [0.1, 0.15) is 6.92 Å². The van der Waals surface area contributed by atoms with Crippen molar-refractivity contribution in [2.45, 2.75) is 13.1 Å². The van der Waals surface area contributed by atoms with Crippen LogP contribution in [-0.2, 0) is 4.79 Å². The molecular weight excluding hydrogens is 291 g/mol. The van der Waals surface area contributed by atoms with Gasteiger partial charge >= 0.3 is 5.97 Å². The smallest absolute Gasteiger partial charge is 0.337 e. The minimum absolute atomic E-state index is 0. The summed E-state index contributed by atoms with van der Waals surface area (Å²) in [6, 6.07) is 0. The fourth-order valence-corrected chi connectivity index (χ4v) is 0. The molecule has 0 aromatic heterocycles. The number of carboxylic acid groups (broad SMARTS) is 1. The number of hydrogen-bond acceptors (Lipinski definition) is 1. The van der Waals surface area contributed by atoms with E-state index in [1.165, 1.54) is 0 Å². The Labute approximate surface area is 60.9 Å². The van der Waals surface area contributed by atoms with Crippen molar-refractivity contribution in [3.05, 3.63) is 0 Å². The van der Waals surface area contributed by atoms with Crippen molar-refractivity contribution in [1.29, 1.82) is 0 Å². The molecule has 1 unspecified atom stereocenters. The second-order valence-corrected chi connectivity index (χ2v) is 0.954. The number of alkyl halides is 1. The molecule has 0 spiro atoms. The maximum absolute atomic E-state index is 11.2. The molecule has 0 aromatic rings. The summed E-state index contributed by atoms with van der Waals surface area (Å²) >= 11 is 0. The second kappa shape index (κ2) is 4.48. The van der Waals surface area contributed by atoms with Gasteiger partial charge in [-0.25, -0.2) is 9.18 Å². The third-order valence-electron chi connectivity index (χ3n) is 0.340. The van der Waals surface area contributed by atoms with Gasteiger partial charge in [-0.1, -0.05) is 0 Å². The first-order valence-electron chi connectivity index (χ1n) is 1.51. The van der Waals surface area contributed by atoms with Crippen LogP contribution in [0.3, 0.4) is 0 Å². The van der Waals surface area contributed by atoms with E-state index in [-0.39, 0.29) is 27.3 Å².